The van der Waals surface area contributed by atoms with Crippen molar-refractivity contribution in [1.29, 1.82) is 0 Å². The lowest BCUT2D eigenvalue weighted by molar-refractivity contribution is -0.0655. The number of rotatable bonds is 5. The summed E-state index contributed by atoms with van der Waals surface area (Å²) >= 11 is 0. The lowest BCUT2D eigenvalue weighted by Gasteiger charge is -2.57. The van der Waals surface area contributed by atoms with Crippen LogP contribution >= 0.6 is 0 Å². The zero-order valence-corrected chi connectivity index (χ0v) is 18.0. The number of aromatic nitrogens is 1. The molecule has 2 fully saturated rings. The molecule has 4 nitrogen and oxygen atoms in total. The standard InChI is InChI=1S/C26H33N3O/c1-2-3-4-8-21-10-12-23(13-11-21)26-24-19-28(18-22-9-7-14-27-17-22)15-5-6-16-29(24)25(26)20-30/h7,9-14,17,24-26,30H,2-3,5-6,15-16,18-20H2,1H3/t24-,25+,26-/m1/s1. The molecule has 0 saturated carbocycles. The van der Waals surface area contributed by atoms with Gasteiger partial charge in [-0.15, -0.1) is 0 Å². The molecular weight excluding hydrogens is 370 g/mol. The van der Waals surface area contributed by atoms with E-state index < -0.39 is 0 Å². The third kappa shape index (κ3) is 4.75. The Balaban J connectivity index is 1.50. The molecular formula is C26H33N3O. The van der Waals surface area contributed by atoms with Gasteiger partial charge in [-0.3, -0.25) is 14.8 Å². The van der Waals surface area contributed by atoms with Gasteiger partial charge in [-0.1, -0.05) is 37.0 Å². The number of nitrogens with zero attached hydrogens (tertiary/aromatic N) is 3. The number of aliphatic hydroxyl groups excluding tert-OH is 1. The minimum Gasteiger partial charge on any atom is -0.395 e. The van der Waals surface area contributed by atoms with E-state index in [4.69, 9.17) is 0 Å². The van der Waals surface area contributed by atoms with Crippen molar-refractivity contribution >= 4 is 0 Å². The maximum atomic E-state index is 10.1. The molecule has 2 aromatic rings. The lowest BCUT2D eigenvalue weighted by atomic mass is 9.74. The fraction of sp³-hybridized carbons (Fsp3) is 0.500. The van der Waals surface area contributed by atoms with Crippen molar-refractivity contribution in [1.82, 2.24) is 14.8 Å². The highest BCUT2D eigenvalue weighted by Gasteiger charge is 2.48. The normalized spacial score (nSPS) is 24.7. The molecule has 1 N–H and O–H groups in total. The zero-order chi connectivity index (χ0) is 20.8. The van der Waals surface area contributed by atoms with Gasteiger partial charge in [-0.05, 0) is 61.7 Å². The maximum absolute atomic E-state index is 10.1. The Kier molecular flexibility index (Phi) is 7.17. The van der Waals surface area contributed by atoms with E-state index in [2.05, 4.69) is 63.9 Å². The highest BCUT2D eigenvalue weighted by Crippen LogP contribution is 2.42. The van der Waals surface area contributed by atoms with Gasteiger partial charge in [0.05, 0.1) is 6.61 Å². The molecule has 0 amide bonds. The first-order valence-electron chi connectivity index (χ1n) is 11.4. The fourth-order valence-corrected chi connectivity index (χ4v) is 4.98. The Labute approximate surface area is 180 Å². The molecule has 3 atom stereocenters. The predicted octanol–water partition coefficient (Wildman–Crippen LogP) is 3.66. The summed E-state index contributed by atoms with van der Waals surface area (Å²) in [6, 6.07) is 13.6. The van der Waals surface area contributed by atoms with Gasteiger partial charge in [-0.25, -0.2) is 0 Å². The van der Waals surface area contributed by atoms with Crippen molar-refractivity contribution in [3.63, 3.8) is 0 Å². The number of pyridine rings is 1. The quantitative estimate of drug-likeness (QED) is 0.774. The molecule has 158 valence electrons. The van der Waals surface area contributed by atoms with E-state index in [1.165, 1.54) is 24.0 Å². The zero-order valence-electron chi connectivity index (χ0n) is 18.0. The average Bonchev–Trinajstić information content (AvgIpc) is 2.76. The van der Waals surface area contributed by atoms with Crippen LogP contribution in [0.1, 0.15) is 55.2 Å². The highest BCUT2D eigenvalue weighted by atomic mass is 16.3. The minimum absolute atomic E-state index is 0.224. The fourth-order valence-electron chi connectivity index (χ4n) is 4.98. The van der Waals surface area contributed by atoms with Gasteiger partial charge in [-0.2, -0.15) is 0 Å². The molecule has 4 rings (SSSR count). The molecule has 0 bridgehead atoms. The molecule has 0 unspecified atom stereocenters. The maximum Gasteiger partial charge on any atom is 0.0593 e. The van der Waals surface area contributed by atoms with Crippen molar-refractivity contribution in [2.45, 2.75) is 57.2 Å². The predicted molar refractivity (Wildman–Crippen MR) is 121 cm³/mol. The van der Waals surface area contributed by atoms with Crippen LogP contribution in [-0.2, 0) is 6.54 Å². The molecule has 1 aromatic carbocycles. The minimum atomic E-state index is 0.224. The number of aliphatic hydroxyl groups is 1. The van der Waals surface area contributed by atoms with E-state index in [-0.39, 0.29) is 12.6 Å². The van der Waals surface area contributed by atoms with E-state index in [1.54, 1.807) is 0 Å². The summed E-state index contributed by atoms with van der Waals surface area (Å²) in [5.41, 5.74) is 3.69. The van der Waals surface area contributed by atoms with Crippen molar-refractivity contribution in [2.75, 3.05) is 26.2 Å². The van der Waals surface area contributed by atoms with Crippen LogP contribution in [0.2, 0.25) is 0 Å². The molecule has 0 spiro atoms. The van der Waals surface area contributed by atoms with Crippen molar-refractivity contribution in [3.8, 4) is 11.8 Å². The van der Waals surface area contributed by atoms with Crippen LogP contribution in [0, 0.1) is 11.8 Å². The van der Waals surface area contributed by atoms with Crippen molar-refractivity contribution in [3.05, 3.63) is 65.5 Å². The number of hydrogen-bond donors (Lipinski definition) is 1. The first-order valence-corrected chi connectivity index (χ1v) is 11.4. The van der Waals surface area contributed by atoms with Crippen LogP contribution in [-0.4, -0.2) is 58.2 Å². The summed E-state index contributed by atoms with van der Waals surface area (Å²) in [6.45, 7) is 6.58. The average molecular weight is 404 g/mol. The van der Waals surface area contributed by atoms with Gasteiger partial charge < -0.3 is 5.11 Å². The van der Waals surface area contributed by atoms with E-state index in [9.17, 15) is 5.11 Å². The topological polar surface area (TPSA) is 39.6 Å². The van der Waals surface area contributed by atoms with Crippen LogP contribution in [0.3, 0.4) is 0 Å². The van der Waals surface area contributed by atoms with Crippen LogP contribution < -0.4 is 0 Å². The molecule has 30 heavy (non-hydrogen) atoms. The van der Waals surface area contributed by atoms with E-state index in [0.717, 1.165) is 44.6 Å². The Morgan fingerprint density at radius 1 is 1.13 bits per heavy atom. The summed E-state index contributed by atoms with van der Waals surface area (Å²) in [5.74, 6) is 6.86. The molecule has 2 aliphatic rings. The van der Waals surface area contributed by atoms with Gasteiger partial charge >= 0.3 is 0 Å². The second kappa shape index (κ2) is 10.2. The molecule has 0 radical (unpaired) electrons. The van der Waals surface area contributed by atoms with Gasteiger partial charge in [0.15, 0.2) is 0 Å². The molecule has 2 saturated heterocycles. The Morgan fingerprint density at radius 2 is 1.97 bits per heavy atom. The Hall–Kier alpha value is -2.19. The van der Waals surface area contributed by atoms with Crippen LogP contribution in [0.15, 0.2) is 48.8 Å². The van der Waals surface area contributed by atoms with Crippen LogP contribution in [0.25, 0.3) is 0 Å². The smallest absolute Gasteiger partial charge is 0.0593 e. The molecule has 3 heterocycles. The van der Waals surface area contributed by atoms with E-state index in [1.807, 2.05) is 18.5 Å². The van der Waals surface area contributed by atoms with Crippen LogP contribution in [0.5, 0.6) is 0 Å². The second-order valence-corrected chi connectivity index (χ2v) is 8.56. The highest BCUT2D eigenvalue weighted by molar-refractivity contribution is 5.39. The summed E-state index contributed by atoms with van der Waals surface area (Å²) in [4.78, 5) is 9.39. The largest absolute Gasteiger partial charge is 0.395 e. The van der Waals surface area contributed by atoms with Gasteiger partial charge in [0.25, 0.3) is 0 Å². The van der Waals surface area contributed by atoms with Gasteiger partial charge in [0.2, 0.25) is 0 Å². The third-order valence-electron chi connectivity index (χ3n) is 6.49. The van der Waals surface area contributed by atoms with Crippen molar-refractivity contribution in [2.24, 2.45) is 0 Å². The molecule has 0 aliphatic carbocycles. The summed E-state index contributed by atoms with van der Waals surface area (Å²) < 4.78 is 0. The second-order valence-electron chi connectivity index (χ2n) is 8.56. The summed E-state index contributed by atoms with van der Waals surface area (Å²) in [6.07, 6.45) is 8.25. The van der Waals surface area contributed by atoms with Gasteiger partial charge in [0.1, 0.15) is 0 Å². The SMILES string of the molecule is CCCC#Cc1ccc([C@@H]2[C@H]3CN(Cc4cccnc4)CCCCN3[C@H]2CO)cc1. The molecule has 1 aromatic heterocycles. The first kappa shape index (κ1) is 21.1. The lowest BCUT2D eigenvalue weighted by Crippen LogP contribution is -2.67. The number of fused-ring (bicyclic) bond motifs is 1. The van der Waals surface area contributed by atoms with Crippen LogP contribution in [0.4, 0.5) is 0 Å². The molecule has 2 aliphatic heterocycles. The monoisotopic (exact) mass is 403 g/mol. The van der Waals surface area contributed by atoms with Gasteiger partial charge in [0, 0.05) is 55.5 Å². The van der Waals surface area contributed by atoms with E-state index in [0.29, 0.717) is 12.0 Å². The number of hydrogen-bond acceptors (Lipinski definition) is 4. The Morgan fingerprint density at radius 3 is 2.70 bits per heavy atom. The van der Waals surface area contributed by atoms with E-state index >= 15 is 0 Å². The summed E-state index contributed by atoms with van der Waals surface area (Å²) in [7, 11) is 0. The summed E-state index contributed by atoms with van der Waals surface area (Å²) in [5, 5.41) is 10.1. The Bertz CT molecular complexity index is 855. The number of benzene rings is 1. The molecule has 4 heteroatoms. The first-order chi connectivity index (χ1) is 14.8. The third-order valence-corrected chi connectivity index (χ3v) is 6.49. The number of unbranched alkanes of at least 4 members (excludes halogenated alkanes) is 1. The van der Waals surface area contributed by atoms with Crippen molar-refractivity contribution < 1.29 is 5.11 Å².